The zero-order valence-corrected chi connectivity index (χ0v) is 16.1. The maximum absolute atomic E-state index is 14.2. The second kappa shape index (κ2) is 7.89. The van der Waals surface area contributed by atoms with E-state index >= 15 is 0 Å². The van der Waals surface area contributed by atoms with Gasteiger partial charge in [0.25, 0.3) is 10.0 Å². The summed E-state index contributed by atoms with van der Waals surface area (Å²) in [5, 5.41) is 7.67. The summed E-state index contributed by atoms with van der Waals surface area (Å²) in [5.41, 5.74) is 1.97. The van der Waals surface area contributed by atoms with Crippen molar-refractivity contribution in [2.24, 2.45) is 0 Å². The highest BCUT2D eigenvalue weighted by Crippen LogP contribution is 2.32. The number of hydrogen-bond donors (Lipinski definition) is 0. The van der Waals surface area contributed by atoms with Crippen LogP contribution in [-0.4, -0.2) is 32.8 Å². The predicted molar refractivity (Wildman–Crippen MR) is 99.2 cm³/mol. The number of benzene rings is 2. The van der Waals surface area contributed by atoms with E-state index in [1.54, 1.807) is 18.2 Å². The van der Waals surface area contributed by atoms with E-state index in [9.17, 15) is 12.8 Å². The number of nitrogens with zero attached hydrogens (tertiary/aromatic N) is 3. The van der Waals surface area contributed by atoms with E-state index in [1.807, 2.05) is 0 Å². The smallest absolute Gasteiger partial charge is 0.269 e. The Bertz CT molecular complexity index is 1030. The van der Waals surface area contributed by atoms with E-state index in [4.69, 9.17) is 9.47 Å². The zero-order chi connectivity index (χ0) is 19.4. The van der Waals surface area contributed by atoms with Gasteiger partial charge in [-0.05, 0) is 24.3 Å². The van der Waals surface area contributed by atoms with Crippen LogP contribution in [0.15, 0.2) is 52.9 Å². The van der Waals surface area contributed by atoms with Gasteiger partial charge in [-0.1, -0.05) is 23.5 Å². The number of halogens is 1. The van der Waals surface area contributed by atoms with Crippen LogP contribution in [0.1, 0.15) is 5.56 Å². The van der Waals surface area contributed by atoms with Crippen molar-refractivity contribution in [3.05, 3.63) is 59.4 Å². The Morgan fingerprint density at radius 2 is 1.93 bits per heavy atom. The molecule has 0 saturated heterocycles. The minimum absolute atomic E-state index is 0.112. The summed E-state index contributed by atoms with van der Waals surface area (Å²) in [6, 6.07) is 10.2. The molecule has 1 heterocycles. The van der Waals surface area contributed by atoms with Crippen molar-refractivity contribution in [3.63, 3.8) is 0 Å². The first kappa shape index (κ1) is 19.1. The Hall–Kier alpha value is -2.72. The van der Waals surface area contributed by atoms with E-state index in [2.05, 4.69) is 10.2 Å². The number of aromatic nitrogens is 2. The molecular weight excluding hydrogens is 393 g/mol. The lowest BCUT2D eigenvalue weighted by Gasteiger charge is -2.22. The molecule has 3 rings (SSSR count). The SMILES string of the molecule is COc1ccc(CN(c2nncs2)S(=O)(=O)c2ccccc2F)c(OC)c1. The molecule has 0 N–H and O–H groups in total. The average molecular weight is 409 g/mol. The van der Waals surface area contributed by atoms with E-state index in [-0.39, 0.29) is 11.7 Å². The summed E-state index contributed by atoms with van der Waals surface area (Å²) in [5.74, 6) is 0.163. The first-order valence-corrected chi connectivity index (χ1v) is 10.0. The molecule has 0 aliphatic carbocycles. The van der Waals surface area contributed by atoms with Crippen LogP contribution in [0.3, 0.4) is 0 Å². The summed E-state index contributed by atoms with van der Waals surface area (Å²) in [6.45, 7) is -0.112. The van der Waals surface area contributed by atoms with Gasteiger partial charge in [0.15, 0.2) is 0 Å². The number of ether oxygens (including phenoxy) is 2. The number of rotatable bonds is 7. The average Bonchev–Trinajstić information content (AvgIpc) is 3.20. The molecule has 0 bridgehead atoms. The van der Waals surface area contributed by atoms with Gasteiger partial charge in [0.1, 0.15) is 27.7 Å². The summed E-state index contributed by atoms with van der Waals surface area (Å²) in [6.07, 6.45) is 0. The van der Waals surface area contributed by atoms with Crippen LogP contribution in [0.25, 0.3) is 0 Å². The Labute approximate surface area is 160 Å². The fraction of sp³-hybridized carbons (Fsp3) is 0.176. The summed E-state index contributed by atoms with van der Waals surface area (Å²) in [4.78, 5) is -0.437. The van der Waals surface area contributed by atoms with E-state index in [0.717, 1.165) is 21.7 Å². The second-order valence-corrected chi connectivity index (χ2v) is 7.98. The summed E-state index contributed by atoms with van der Waals surface area (Å²) < 4.78 is 52.0. The summed E-state index contributed by atoms with van der Waals surface area (Å²) >= 11 is 1.04. The molecule has 0 radical (unpaired) electrons. The van der Waals surface area contributed by atoms with Crippen molar-refractivity contribution in [1.29, 1.82) is 0 Å². The Balaban J connectivity index is 2.08. The van der Waals surface area contributed by atoms with Gasteiger partial charge in [-0.3, -0.25) is 0 Å². The van der Waals surface area contributed by atoms with Crippen LogP contribution >= 0.6 is 11.3 Å². The number of hydrogen-bond acceptors (Lipinski definition) is 7. The molecule has 0 aliphatic rings. The molecule has 0 spiro atoms. The molecule has 0 fully saturated rings. The standard InChI is InChI=1S/C17H16FN3O4S2/c1-24-13-8-7-12(15(9-13)25-2)10-21(17-20-19-11-26-17)27(22,23)16-6-4-3-5-14(16)18/h3-9,11H,10H2,1-2H3. The quantitative estimate of drug-likeness (QED) is 0.596. The van der Waals surface area contributed by atoms with Crippen LogP contribution < -0.4 is 13.8 Å². The highest BCUT2D eigenvalue weighted by molar-refractivity contribution is 7.93. The molecule has 0 aliphatic heterocycles. The molecule has 10 heteroatoms. The van der Waals surface area contributed by atoms with Crippen LogP contribution in [0.5, 0.6) is 11.5 Å². The number of anilines is 1. The molecule has 1 aromatic heterocycles. The van der Waals surface area contributed by atoms with Crippen molar-refractivity contribution < 1.29 is 22.3 Å². The third kappa shape index (κ3) is 3.86. The number of methoxy groups -OCH3 is 2. The highest BCUT2D eigenvalue weighted by atomic mass is 32.2. The lowest BCUT2D eigenvalue weighted by atomic mass is 10.2. The lowest BCUT2D eigenvalue weighted by Crippen LogP contribution is -2.31. The van der Waals surface area contributed by atoms with Gasteiger partial charge in [0.2, 0.25) is 5.13 Å². The van der Waals surface area contributed by atoms with E-state index in [0.29, 0.717) is 17.1 Å². The van der Waals surface area contributed by atoms with E-state index < -0.39 is 20.7 Å². The van der Waals surface area contributed by atoms with Crippen molar-refractivity contribution in [1.82, 2.24) is 10.2 Å². The van der Waals surface area contributed by atoms with Gasteiger partial charge in [-0.25, -0.2) is 17.1 Å². The zero-order valence-electron chi connectivity index (χ0n) is 14.5. The molecule has 2 aromatic carbocycles. The predicted octanol–water partition coefficient (Wildman–Crippen LogP) is 3.09. The minimum Gasteiger partial charge on any atom is -0.497 e. The maximum Gasteiger partial charge on any atom is 0.269 e. The lowest BCUT2D eigenvalue weighted by molar-refractivity contribution is 0.391. The van der Waals surface area contributed by atoms with Crippen LogP contribution in [-0.2, 0) is 16.6 Å². The first-order valence-electron chi connectivity index (χ1n) is 7.71. The molecule has 0 saturated carbocycles. The third-order valence-corrected chi connectivity index (χ3v) is 6.37. The Kier molecular flexibility index (Phi) is 5.57. The maximum atomic E-state index is 14.2. The van der Waals surface area contributed by atoms with Gasteiger partial charge < -0.3 is 9.47 Å². The van der Waals surface area contributed by atoms with Gasteiger partial charge in [0, 0.05) is 11.6 Å². The van der Waals surface area contributed by atoms with Crippen LogP contribution in [0.2, 0.25) is 0 Å². The molecule has 142 valence electrons. The molecule has 27 heavy (non-hydrogen) atoms. The van der Waals surface area contributed by atoms with Crippen molar-refractivity contribution in [3.8, 4) is 11.5 Å². The molecule has 0 amide bonds. The van der Waals surface area contributed by atoms with Crippen molar-refractivity contribution in [2.45, 2.75) is 11.4 Å². The molecule has 7 nitrogen and oxygen atoms in total. The number of sulfonamides is 1. The van der Waals surface area contributed by atoms with Crippen LogP contribution in [0, 0.1) is 5.82 Å². The second-order valence-electron chi connectivity index (χ2n) is 5.34. The summed E-state index contributed by atoms with van der Waals surface area (Å²) in [7, 11) is -1.22. The molecular formula is C17H16FN3O4S2. The molecule has 3 aromatic rings. The third-order valence-electron chi connectivity index (χ3n) is 3.77. The van der Waals surface area contributed by atoms with Gasteiger partial charge in [0.05, 0.1) is 20.8 Å². The van der Waals surface area contributed by atoms with Crippen molar-refractivity contribution in [2.75, 3.05) is 18.5 Å². The normalized spacial score (nSPS) is 11.2. The fourth-order valence-electron chi connectivity index (χ4n) is 2.44. The topological polar surface area (TPSA) is 81.6 Å². The van der Waals surface area contributed by atoms with Gasteiger partial charge >= 0.3 is 0 Å². The van der Waals surface area contributed by atoms with E-state index in [1.165, 1.54) is 37.9 Å². The van der Waals surface area contributed by atoms with Gasteiger partial charge in [-0.15, -0.1) is 10.2 Å². The van der Waals surface area contributed by atoms with Gasteiger partial charge in [-0.2, -0.15) is 0 Å². The fourth-order valence-corrected chi connectivity index (χ4v) is 4.68. The van der Waals surface area contributed by atoms with Crippen molar-refractivity contribution >= 4 is 26.5 Å². The highest BCUT2D eigenvalue weighted by Gasteiger charge is 2.30. The first-order chi connectivity index (χ1) is 13.0. The Morgan fingerprint density at radius 1 is 1.15 bits per heavy atom. The van der Waals surface area contributed by atoms with Crippen LogP contribution in [0.4, 0.5) is 9.52 Å². The Morgan fingerprint density at radius 3 is 2.56 bits per heavy atom. The molecule has 0 unspecified atom stereocenters. The monoisotopic (exact) mass is 409 g/mol. The molecule has 0 atom stereocenters. The minimum atomic E-state index is -4.21. The largest absolute Gasteiger partial charge is 0.497 e.